The van der Waals surface area contributed by atoms with Crippen LogP contribution in [0.1, 0.15) is 15.9 Å². The summed E-state index contributed by atoms with van der Waals surface area (Å²) in [5.74, 6) is 0.637. The molecule has 0 saturated heterocycles. The number of carbonyl (C=O) groups is 1. The van der Waals surface area contributed by atoms with E-state index < -0.39 is 7.37 Å². The van der Waals surface area contributed by atoms with Crippen molar-refractivity contribution < 1.29 is 18.6 Å². The van der Waals surface area contributed by atoms with Gasteiger partial charge in [-0.15, -0.1) is 0 Å². The van der Waals surface area contributed by atoms with Crippen molar-refractivity contribution in [2.45, 2.75) is 0 Å². The van der Waals surface area contributed by atoms with Crippen molar-refractivity contribution in [2.24, 2.45) is 0 Å². The van der Waals surface area contributed by atoms with Gasteiger partial charge in [0.2, 0.25) is 0 Å². The van der Waals surface area contributed by atoms with Crippen LogP contribution in [0.4, 0.5) is 0 Å². The summed E-state index contributed by atoms with van der Waals surface area (Å²) in [6, 6.07) is 34.1. The maximum Gasteiger partial charge on any atom is 0.306 e. The fourth-order valence-electron chi connectivity index (χ4n) is 3.36. The number of amides is 1. The third-order valence-corrected chi connectivity index (χ3v) is 7.57. The highest BCUT2D eigenvalue weighted by Gasteiger charge is 2.31. The van der Waals surface area contributed by atoms with Crippen LogP contribution in [0.2, 0.25) is 0 Å². The second-order valence-electron chi connectivity index (χ2n) is 7.39. The van der Waals surface area contributed by atoms with Gasteiger partial charge in [0.15, 0.2) is 5.76 Å². The highest BCUT2D eigenvalue weighted by Crippen LogP contribution is 2.48. The summed E-state index contributed by atoms with van der Waals surface area (Å²) in [7, 11) is -1.96. The molecule has 4 aromatic rings. The highest BCUT2D eigenvalue weighted by atomic mass is 31.2. The minimum absolute atomic E-state index is 0.267. The van der Waals surface area contributed by atoms with Gasteiger partial charge in [0.1, 0.15) is 5.75 Å². The van der Waals surface area contributed by atoms with Gasteiger partial charge in [0.05, 0.1) is 17.7 Å². The molecule has 0 aliphatic heterocycles. The van der Waals surface area contributed by atoms with Gasteiger partial charge in [-0.1, -0.05) is 54.6 Å². The van der Waals surface area contributed by atoms with Gasteiger partial charge in [-0.05, 0) is 60.7 Å². The summed E-state index contributed by atoms with van der Waals surface area (Å²) in [6.07, 6.45) is 1.45. The van der Waals surface area contributed by atoms with Crippen LogP contribution in [0.25, 0.3) is 5.76 Å². The van der Waals surface area contributed by atoms with Crippen molar-refractivity contribution in [2.75, 3.05) is 7.11 Å². The normalized spacial score (nSPS) is 11.5. The number of carbonyl (C=O) groups excluding carboxylic acids is 1. The molecule has 0 fully saturated rings. The predicted molar refractivity (Wildman–Crippen MR) is 136 cm³/mol. The van der Waals surface area contributed by atoms with E-state index in [4.69, 9.17) is 9.26 Å². The molecule has 0 unspecified atom stereocenters. The van der Waals surface area contributed by atoms with Crippen LogP contribution in [-0.2, 0) is 9.09 Å². The number of hydrogen-bond acceptors (Lipinski definition) is 4. The van der Waals surface area contributed by atoms with Crippen LogP contribution in [0.3, 0.4) is 0 Å². The lowest BCUT2D eigenvalue weighted by atomic mass is 10.2. The molecular weight excluding hydrogens is 445 g/mol. The Bertz CT molecular complexity index is 1260. The number of benzene rings is 4. The first-order valence-electron chi connectivity index (χ1n) is 10.7. The van der Waals surface area contributed by atoms with E-state index in [0.717, 1.165) is 0 Å². The molecule has 4 aromatic carbocycles. The average Bonchev–Trinajstić information content (AvgIpc) is 2.92. The molecule has 0 aromatic heterocycles. The second-order valence-corrected chi connectivity index (χ2v) is 9.71. The maximum atomic E-state index is 14.4. The molecule has 6 heteroatoms. The molecule has 0 radical (unpaired) electrons. The van der Waals surface area contributed by atoms with Gasteiger partial charge in [0, 0.05) is 17.3 Å². The van der Waals surface area contributed by atoms with Crippen LogP contribution in [0.15, 0.2) is 121 Å². The Morgan fingerprint density at radius 1 is 0.706 bits per heavy atom. The first-order valence-corrected chi connectivity index (χ1v) is 12.3. The minimum Gasteiger partial charge on any atom is -0.497 e. The molecule has 4 rings (SSSR count). The zero-order valence-electron chi connectivity index (χ0n) is 18.6. The molecular formula is C28H24NO4P. The fourth-order valence-corrected chi connectivity index (χ4v) is 5.44. The lowest BCUT2D eigenvalue weighted by Gasteiger charge is -2.22. The molecule has 0 bridgehead atoms. The fraction of sp³-hybridized carbons (Fsp3) is 0.0357. The number of rotatable bonds is 8. The Balaban J connectivity index is 1.76. The van der Waals surface area contributed by atoms with Gasteiger partial charge in [-0.2, -0.15) is 0 Å². The number of methoxy groups -OCH3 is 1. The summed E-state index contributed by atoms with van der Waals surface area (Å²) in [5.41, 5.74) is 1.14. The van der Waals surface area contributed by atoms with Crippen molar-refractivity contribution >= 4 is 29.6 Å². The smallest absolute Gasteiger partial charge is 0.306 e. The Labute approximate surface area is 199 Å². The maximum absolute atomic E-state index is 14.4. The van der Waals surface area contributed by atoms with E-state index in [-0.39, 0.29) is 11.7 Å². The zero-order chi connectivity index (χ0) is 23.8. The van der Waals surface area contributed by atoms with Crippen molar-refractivity contribution in [1.82, 2.24) is 5.32 Å². The molecule has 0 heterocycles. The minimum atomic E-state index is -3.55. The molecule has 170 valence electrons. The van der Waals surface area contributed by atoms with E-state index in [1.807, 2.05) is 42.5 Å². The Hall–Kier alpha value is -4.08. The molecule has 0 saturated carbocycles. The van der Waals surface area contributed by atoms with E-state index in [0.29, 0.717) is 27.5 Å². The van der Waals surface area contributed by atoms with Gasteiger partial charge in [-0.3, -0.25) is 9.36 Å². The lowest BCUT2D eigenvalue weighted by molar-refractivity contribution is 0.0969. The molecule has 0 aliphatic carbocycles. The SMILES string of the molecule is COc1ccc(C(=CNC(=O)c2ccccc2)OP(=O)(c2ccccc2)c2ccccc2)cc1. The summed E-state index contributed by atoms with van der Waals surface area (Å²) in [6.45, 7) is 0. The Morgan fingerprint density at radius 2 is 1.21 bits per heavy atom. The Kier molecular flexibility index (Phi) is 7.26. The number of nitrogens with one attached hydrogen (secondary N) is 1. The molecule has 0 spiro atoms. The van der Waals surface area contributed by atoms with Crippen LogP contribution in [0, 0.1) is 0 Å². The van der Waals surface area contributed by atoms with E-state index in [9.17, 15) is 9.36 Å². The molecule has 0 aliphatic rings. The van der Waals surface area contributed by atoms with Gasteiger partial charge in [0.25, 0.3) is 5.91 Å². The van der Waals surface area contributed by atoms with Crippen LogP contribution in [0.5, 0.6) is 5.75 Å². The topological polar surface area (TPSA) is 64.6 Å². The lowest BCUT2D eigenvalue weighted by Crippen LogP contribution is -2.20. The third kappa shape index (κ3) is 5.28. The Morgan fingerprint density at radius 3 is 1.71 bits per heavy atom. The molecule has 5 nitrogen and oxygen atoms in total. The largest absolute Gasteiger partial charge is 0.497 e. The predicted octanol–water partition coefficient (Wildman–Crippen LogP) is 5.37. The van der Waals surface area contributed by atoms with Gasteiger partial charge in [-0.25, -0.2) is 0 Å². The van der Waals surface area contributed by atoms with Crippen LogP contribution < -0.4 is 20.7 Å². The molecule has 0 atom stereocenters. The zero-order valence-corrected chi connectivity index (χ0v) is 19.5. The monoisotopic (exact) mass is 469 g/mol. The van der Waals surface area contributed by atoms with E-state index in [1.54, 1.807) is 79.9 Å². The second kappa shape index (κ2) is 10.7. The first-order chi connectivity index (χ1) is 16.6. The summed E-state index contributed by atoms with van der Waals surface area (Å²) in [5, 5.41) is 3.88. The quantitative estimate of drug-likeness (QED) is 0.278. The summed E-state index contributed by atoms with van der Waals surface area (Å²) >= 11 is 0. The standard InChI is InChI=1S/C28H24NO4P/c1-32-24-19-17-22(18-20-24)27(21-29-28(30)23-11-5-2-6-12-23)33-34(31,25-13-7-3-8-14-25)26-15-9-4-10-16-26/h2-21H,1H3,(H,29,30). The average molecular weight is 469 g/mol. The van der Waals surface area contributed by atoms with E-state index in [2.05, 4.69) is 5.32 Å². The van der Waals surface area contributed by atoms with Crippen LogP contribution >= 0.6 is 7.37 Å². The molecule has 1 amide bonds. The van der Waals surface area contributed by atoms with Crippen molar-refractivity contribution in [3.05, 3.63) is 133 Å². The highest BCUT2D eigenvalue weighted by molar-refractivity contribution is 7.74. The number of hydrogen-bond donors (Lipinski definition) is 1. The first kappa shape index (κ1) is 23.1. The van der Waals surface area contributed by atoms with Gasteiger partial charge < -0.3 is 14.6 Å². The van der Waals surface area contributed by atoms with Crippen molar-refractivity contribution in [3.8, 4) is 5.75 Å². The van der Waals surface area contributed by atoms with Crippen LogP contribution in [-0.4, -0.2) is 13.0 Å². The van der Waals surface area contributed by atoms with E-state index >= 15 is 0 Å². The van der Waals surface area contributed by atoms with E-state index in [1.165, 1.54) is 6.20 Å². The molecule has 1 N–H and O–H groups in total. The third-order valence-electron chi connectivity index (χ3n) is 5.16. The number of ether oxygens (including phenoxy) is 1. The van der Waals surface area contributed by atoms with Crippen molar-refractivity contribution in [1.29, 1.82) is 0 Å². The van der Waals surface area contributed by atoms with Crippen molar-refractivity contribution in [3.63, 3.8) is 0 Å². The van der Waals surface area contributed by atoms with Gasteiger partial charge >= 0.3 is 7.37 Å². The summed E-state index contributed by atoms with van der Waals surface area (Å²) in [4.78, 5) is 12.7. The summed E-state index contributed by atoms with van der Waals surface area (Å²) < 4.78 is 26.0. The molecule has 34 heavy (non-hydrogen) atoms.